The van der Waals surface area contributed by atoms with Gasteiger partial charge in [-0.1, -0.05) is 71.6 Å². The Morgan fingerprint density at radius 1 is 0.850 bits per heavy atom. The highest BCUT2D eigenvalue weighted by Gasteiger charge is 2.32. The number of rotatable bonds is 13. The predicted octanol–water partition coefficient (Wildman–Crippen LogP) is 5.19. The first-order chi connectivity index (χ1) is 9.33. The minimum absolute atomic E-state index is 0.685. The Bertz CT molecular complexity index is 277. The first-order valence-electron chi connectivity index (χ1n) is 8.09. The maximum absolute atomic E-state index is 11.0. The number of hydrogen-bond donors (Lipinski definition) is 2. The molecule has 0 aliphatic heterocycles. The van der Waals surface area contributed by atoms with Gasteiger partial charge in [0, 0.05) is 0 Å². The predicted molar refractivity (Wildman–Crippen MR) is 83.7 cm³/mol. The van der Waals surface area contributed by atoms with Gasteiger partial charge in [0.2, 0.25) is 0 Å². The third-order valence-electron chi connectivity index (χ3n) is 3.68. The first-order valence-corrected chi connectivity index (χ1v) is 9.62. The van der Waals surface area contributed by atoms with Crippen molar-refractivity contribution in [3.63, 3.8) is 0 Å². The fourth-order valence-corrected chi connectivity index (χ4v) is 3.42. The topological polar surface area (TPSA) is 66.8 Å². The van der Waals surface area contributed by atoms with Gasteiger partial charge in [-0.15, -0.1) is 0 Å². The second kappa shape index (κ2) is 10.8. The molecule has 0 saturated carbocycles. The molecule has 0 heterocycles. The fourth-order valence-electron chi connectivity index (χ4n) is 2.67. The van der Waals surface area contributed by atoms with E-state index < -0.39 is 13.4 Å². The molecular weight excluding hydrogens is 275 g/mol. The van der Waals surface area contributed by atoms with Gasteiger partial charge in [-0.3, -0.25) is 4.52 Å². The van der Waals surface area contributed by atoms with Crippen LogP contribution in [0.2, 0.25) is 0 Å². The lowest BCUT2D eigenvalue weighted by Gasteiger charge is -2.29. The molecule has 0 fully saturated rings. The molecule has 1 unspecified atom stereocenters. The maximum atomic E-state index is 11.0. The van der Waals surface area contributed by atoms with E-state index in [9.17, 15) is 4.57 Å². The van der Waals surface area contributed by atoms with Crippen LogP contribution in [0.1, 0.15) is 91.4 Å². The highest BCUT2D eigenvalue weighted by atomic mass is 31.2. The van der Waals surface area contributed by atoms with Gasteiger partial charge in [-0.25, -0.2) is 4.57 Å². The first kappa shape index (κ1) is 20.1. The Hall–Kier alpha value is 0.110. The van der Waals surface area contributed by atoms with E-state index in [1.54, 1.807) is 0 Å². The Morgan fingerprint density at radius 2 is 1.35 bits per heavy atom. The molecule has 0 radical (unpaired) electrons. The van der Waals surface area contributed by atoms with Crippen molar-refractivity contribution in [2.45, 2.75) is 97.0 Å². The smallest absolute Gasteiger partial charge is 0.303 e. The molecule has 1 atom stereocenters. The van der Waals surface area contributed by atoms with Crippen LogP contribution in [0.15, 0.2) is 0 Å². The number of phosphoric ester groups is 1. The fraction of sp³-hybridized carbons (Fsp3) is 1.00. The minimum Gasteiger partial charge on any atom is -0.303 e. The summed E-state index contributed by atoms with van der Waals surface area (Å²) < 4.78 is 16.0. The summed E-state index contributed by atoms with van der Waals surface area (Å²) in [7, 11) is -4.39. The number of unbranched alkanes of at least 4 members (excludes halogenated alkanes) is 7. The van der Waals surface area contributed by atoms with E-state index in [0.717, 1.165) is 25.7 Å². The van der Waals surface area contributed by atoms with Gasteiger partial charge >= 0.3 is 7.82 Å². The van der Waals surface area contributed by atoms with E-state index in [2.05, 4.69) is 6.92 Å². The van der Waals surface area contributed by atoms with Gasteiger partial charge in [0.15, 0.2) is 0 Å². The van der Waals surface area contributed by atoms with Crippen LogP contribution in [0.5, 0.6) is 0 Å². The minimum atomic E-state index is -4.39. The normalized spacial score (nSPS) is 15.2. The van der Waals surface area contributed by atoms with Crippen LogP contribution in [0.4, 0.5) is 0 Å². The molecule has 20 heavy (non-hydrogen) atoms. The van der Waals surface area contributed by atoms with Gasteiger partial charge in [0.25, 0.3) is 0 Å². The van der Waals surface area contributed by atoms with Crippen molar-refractivity contribution >= 4 is 7.82 Å². The lowest BCUT2D eigenvalue weighted by molar-refractivity contribution is 0.0320. The third-order valence-corrected chi connectivity index (χ3v) is 4.36. The number of phosphoric acid groups is 1. The highest BCUT2D eigenvalue weighted by Crippen LogP contribution is 2.44. The van der Waals surface area contributed by atoms with Crippen molar-refractivity contribution in [1.29, 1.82) is 0 Å². The van der Waals surface area contributed by atoms with E-state index in [1.807, 2.05) is 13.8 Å². The molecule has 0 aliphatic rings. The van der Waals surface area contributed by atoms with Gasteiger partial charge in [0.05, 0.1) is 5.60 Å². The van der Waals surface area contributed by atoms with Crippen LogP contribution in [0.25, 0.3) is 0 Å². The molecular formula is C15H33O4P. The van der Waals surface area contributed by atoms with Crippen LogP contribution < -0.4 is 0 Å². The summed E-state index contributed by atoms with van der Waals surface area (Å²) in [5.74, 6) is 0. The van der Waals surface area contributed by atoms with Crippen LogP contribution in [-0.2, 0) is 9.09 Å². The molecule has 5 heteroatoms. The van der Waals surface area contributed by atoms with Crippen molar-refractivity contribution in [2.24, 2.45) is 0 Å². The Morgan fingerprint density at radius 3 is 1.80 bits per heavy atom. The van der Waals surface area contributed by atoms with Crippen molar-refractivity contribution in [3.8, 4) is 0 Å². The lowest BCUT2D eigenvalue weighted by Crippen LogP contribution is -2.27. The van der Waals surface area contributed by atoms with Crippen molar-refractivity contribution in [2.75, 3.05) is 0 Å². The van der Waals surface area contributed by atoms with Gasteiger partial charge < -0.3 is 9.79 Å². The van der Waals surface area contributed by atoms with Crippen LogP contribution >= 0.6 is 7.82 Å². The lowest BCUT2D eigenvalue weighted by atomic mass is 9.93. The van der Waals surface area contributed by atoms with Crippen LogP contribution in [0, 0.1) is 0 Å². The summed E-state index contributed by atoms with van der Waals surface area (Å²) in [5.41, 5.74) is -0.685. The summed E-state index contributed by atoms with van der Waals surface area (Å²) in [5, 5.41) is 0. The van der Waals surface area contributed by atoms with Gasteiger partial charge in [-0.2, -0.15) is 0 Å². The number of hydrogen-bond acceptors (Lipinski definition) is 2. The van der Waals surface area contributed by atoms with Gasteiger partial charge in [-0.05, 0) is 19.8 Å². The van der Waals surface area contributed by atoms with Crippen LogP contribution in [0.3, 0.4) is 0 Å². The molecule has 2 N–H and O–H groups in total. The molecule has 0 aromatic rings. The van der Waals surface area contributed by atoms with E-state index in [1.165, 1.54) is 38.5 Å². The Balaban J connectivity index is 3.83. The zero-order chi connectivity index (χ0) is 15.5. The molecule has 0 rings (SSSR count). The van der Waals surface area contributed by atoms with Crippen LogP contribution in [-0.4, -0.2) is 15.4 Å². The van der Waals surface area contributed by atoms with Crippen molar-refractivity contribution in [1.82, 2.24) is 0 Å². The SMILES string of the molecule is CCCCCCCCCCC(C)(CCC)OP(=O)(O)O. The second-order valence-corrected chi connectivity index (χ2v) is 7.17. The average molecular weight is 308 g/mol. The molecule has 0 aromatic heterocycles. The summed E-state index contributed by atoms with van der Waals surface area (Å²) in [4.78, 5) is 18.0. The Labute approximate surface area is 124 Å². The third kappa shape index (κ3) is 11.9. The Kier molecular flexibility index (Phi) is 10.8. The second-order valence-electron chi connectivity index (χ2n) is 6.01. The van der Waals surface area contributed by atoms with E-state index >= 15 is 0 Å². The average Bonchev–Trinajstić information content (AvgIpc) is 2.30. The monoisotopic (exact) mass is 308 g/mol. The zero-order valence-corrected chi connectivity index (χ0v) is 14.3. The molecule has 0 bridgehead atoms. The summed E-state index contributed by atoms with van der Waals surface area (Å²) in [6.07, 6.45) is 12.1. The molecule has 0 aliphatic carbocycles. The van der Waals surface area contributed by atoms with E-state index in [4.69, 9.17) is 14.3 Å². The molecule has 4 nitrogen and oxygen atoms in total. The summed E-state index contributed by atoms with van der Waals surface area (Å²) >= 11 is 0. The molecule has 122 valence electrons. The largest absolute Gasteiger partial charge is 0.470 e. The zero-order valence-electron chi connectivity index (χ0n) is 13.4. The maximum Gasteiger partial charge on any atom is 0.470 e. The summed E-state index contributed by atoms with van der Waals surface area (Å²) in [6.45, 7) is 6.04. The standard InChI is InChI=1S/C15H33O4P/c1-4-6-7-8-9-10-11-12-14-15(3,13-5-2)19-20(16,17)18/h4-14H2,1-3H3,(H2,16,17,18). The quantitative estimate of drug-likeness (QED) is 0.363. The highest BCUT2D eigenvalue weighted by molar-refractivity contribution is 7.46. The molecule has 0 aromatic carbocycles. The van der Waals surface area contributed by atoms with Crippen molar-refractivity contribution in [3.05, 3.63) is 0 Å². The molecule has 0 saturated heterocycles. The molecule has 0 spiro atoms. The van der Waals surface area contributed by atoms with E-state index in [-0.39, 0.29) is 0 Å². The van der Waals surface area contributed by atoms with E-state index in [0.29, 0.717) is 6.42 Å². The van der Waals surface area contributed by atoms with Gasteiger partial charge in [0.1, 0.15) is 0 Å². The van der Waals surface area contributed by atoms with Crippen molar-refractivity contribution < 1.29 is 18.9 Å². The summed E-state index contributed by atoms with van der Waals surface area (Å²) in [6, 6.07) is 0. The molecule has 0 amide bonds.